The van der Waals surface area contributed by atoms with Gasteiger partial charge in [-0.25, -0.2) is 9.59 Å². The average molecular weight is 479 g/mol. The summed E-state index contributed by atoms with van der Waals surface area (Å²) in [4.78, 5) is 63.2. The third kappa shape index (κ3) is 5.24. The Morgan fingerprint density at radius 3 is 2.14 bits per heavy atom. The van der Waals surface area contributed by atoms with Gasteiger partial charge in [0.1, 0.15) is 0 Å². The maximum absolute atomic E-state index is 12.8. The van der Waals surface area contributed by atoms with Crippen LogP contribution in [0, 0.1) is 11.8 Å². The van der Waals surface area contributed by atoms with Crippen LogP contribution in [0.4, 0.5) is 11.4 Å². The third-order valence-corrected chi connectivity index (χ3v) is 6.20. The van der Waals surface area contributed by atoms with E-state index in [-0.39, 0.29) is 35.8 Å². The average Bonchev–Trinajstić information content (AvgIpc) is 3.13. The number of hydrogen-bond donors (Lipinski definition) is 1. The number of ether oxygens (including phenoxy) is 2. The van der Waals surface area contributed by atoms with E-state index in [1.807, 2.05) is 0 Å². The molecule has 182 valence electrons. The lowest BCUT2D eigenvalue weighted by atomic mass is 9.81. The molecular formula is C26H26N2O7. The number of carbonyl (C=O) groups excluding carboxylic acids is 5. The standard InChI is InChI=1S/C26H26N2O7/c1-2-34-25(32)16-10-12-18(13-11-16)27-22(29)15-35-26(33)17-6-5-7-19(14-17)28-23(30)20-8-3-4-9-21(20)24(28)31/h5-7,10-14,20-21H,2-4,8-9,15H2,1H3,(H,27,29)/t20-,21+. The molecule has 0 radical (unpaired) electrons. The molecule has 1 aliphatic heterocycles. The predicted octanol–water partition coefficient (Wildman–Crippen LogP) is 3.34. The van der Waals surface area contributed by atoms with Crippen molar-refractivity contribution in [2.24, 2.45) is 11.8 Å². The molecule has 0 aromatic heterocycles. The highest BCUT2D eigenvalue weighted by Gasteiger charge is 2.48. The third-order valence-electron chi connectivity index (χ3n) is 6.20. The number of rotatable bonds is 7. The fraction of sp³-hybridized carbons (Fsp3) is 0.346. The van der Waals surface area contributed by atoms with Crippen molar-refractivity contribution >= 4 is 41.0 Å². The molecule has 9 heteroatoms. The summed E-state index contributed by atoms with van der Waals surface area (Å²) in [6.07, 6.45) is 3.26. The first kappa shape index (κ1) is 24.1. The highest BCUT2D eigenvalue weighted by molar-refractivity contribution is 6.22. The van der Waals surface area contributed by atoms with Crippen molar-refractivity contribution in [1.29, 1.82) is 0 Å². The molecule has 2 aliphatic rings. The van der Waals surface area contributed by atoms with Gasteiger partial charge in [-0.1, -0.05) is 18.9 Å². The summed E-state index contributed by atoms with van der Waals surface area (Å²) in [5.74, 6) is -2.80. The Bertz CT molecular complexity index is 1130. The molecule has 35 heavy (non-hydrogen) atoms. The summed E-state index contributed by atoms with van der Waals surface area (Å²) in [5, 5.41) is 2.58. The van der Waals surface area contributed by atoms with Gasteiger partial charge in [0.25, 0.3) is 5.91 Å². The van der Waals surface area contributed by atoms with E-state index < -0.39 is 24.5 Å². The Kier molecular flexibility index (Phi) is 7.24. The molecule has 0 spiro atoms. The predicted molar refractivity (Wildman–Crippen MR) is 126 cm³/mol. The molecule has 1 heterocycles. The van der Waals surface area contributed by atoms with Crippen LogP contribution in [0.3, 0.4) is 0 Å². The number of carbonyl (C=O) groups is 5. The second-order valence-corrected chi connectivity index (χ2v) is 8.48. The van der Waals surface area contributed by atoms with Gasteiger partial charge in [0.05, 0.1) is 35.3 Å². The molecule has 0 bridgehead atoms. The van der Waals surface area contributed by atoms with E-state index in [1.165, 1.54) is 41.3 Å². The van der Waals surface area contributed by atoms with Crippen LogP contribution in [0.5, 0.6) is 0 Å². The highest BCUT2D eigenvalue weighted by Crippen LogP contribution is 2.40. The second-order valence-electron chi connectivity index (χ2n) is 8.48. The Labute approximate surface area is 202 Å². The summed E-state index contributed by atoms with van der Waals surface area (Å²) in [7, 11) is 0. The summed E-state index contributed by atoms with van der Waals surface area (Å²) in [6.45, 7) is 1.44. The molecule has 0 unspecified atom stereocenters. The van der Waals surface area contributed by atoms with Crippen molar-refractivity contribution in [3.8, 4) is 0 Å². The van der Waals surface area contributed by atoms with E-state index in [1.54, 1.807) is 19.1 Å². The Morgan fingerprint density at radius 2 is 1.51 bits per heavy atom. The number of esters is 2. The van der Waals surface area contributed by atoms with Gasteiger partial charge in [-0.2, -0.15) is 0 Å². The molecule has 1 saturated carbocycles. The van der Waals surface area contributed by atoms with Gasteiger partial charge >= 0.3 is 11.9 Å². The largest absolute Gasteiger partial charge is 0.462 e. The number of nitrogens with one attached hydrogen (secondary N) is 1. The number of amides is 3. The van der Waals surface area contributed by atoms with Crippen molar-refractivity contribution in [3.05, 3.63) is 59.7 Å². The van der Waals surface area contributed by atoms with Crippen LogP contribution < -0.4 is 10.2 Å². The minimum absolute atomic E-state index is 0.129. The molecule has 1 saturated heterocycles. The van der Waals surface area contributed by atoms with Gasteiger partial charge in [-0.3, -0.25) is 19.3 Å². The van der Waals surface area contributed by atoms with Crippen molar-refractivity contribution in [1.82, 2.24) is 0 Å². The number of fused-ring (bicyclic) bond motifs is 1. The zero-order chi connectivity index (χ0) is 24.9. The van der Waals surface area contributed by atoms with Crippen molar-refractivity contribution in [2.75, 3.05) is 23.4 Å². The molecule has 2 atom stereocenters. The van der Waals surface area contributed by atoms with E-state index in [9.17, 15) is 24.0 Å². The molecule has 2 fully saturated rings. The van der Waals surface area contributed by atoms with Crippen LogP contribution in [0.25, 0.3) is 0 Å². The fourth-order valence-electron chi connectivity index (χ4n) is 4.50. The molecular weight excluding hydrogens is 452 g/mol. The maximum atomic E-state index is 12.8. The summed E-state index contributed by atoms with van der Waals surface area (Å²) < 4.78 is 10.0. The van der Waals surface area contributed by atoms with Gasteiger partial charge < -0.3 is 14.8 Å². The van der Waals surface area contributed by atoms with E-state index in [4.69, 9.17) is 9.47 Å². The van der Waals surface area contributed by atoms with E-state index in [0.29, 0.717) is 29.8 Å². The summed E-state index contributed by atoms with van der Waals surface area (Å²) in [5.41, 5.74) is 1.23. The van der Waals surface area contributed by atoms with Crippen LogP contribution in [0.1, 0.15) is 53.3 Å². The second kappa shape index (κ2) is 10.5. The minimum atomic E-state index is -0.754. The smallest absolute Gasteiger partial charge is 0.338 e. The normalized spacial score (nSPS) is 19.2. The fourth-order valence-corrected chi connectivity index (χ4v) is 4.50. The van der Waals surface area contributed by atoms with Crippen LogP contribution in [-0.4, -0.2) is 42.9 Å². The topological polar surface area (TPSA) is 119 Å². The lowest BCUT2D eigenvalue weighted by molar-refractivity contribution is -0.122. The number of imide groups is 1. The van der Waals surface area contributed by atoms with Crippen LogP contribution in [0.2, 0.25) is 0 Å². The molecule has 2 aromatic carbocycles. The van der Waals surface area contributed by atoms with Gasteiger partial charge in [0, 0.05) is 5.69 Å². The van der Waals surface area contributed by atoms with Gasteiger partial charge in [0.2, 0.25) is 11.8 Å². The SMILES string of the molecule is CCOC(=O)c1ccc(NC(=O)COC(=O)c2cccc(N3C(=O)[C@H]4CCCC[C@H]4C3=O)c2)cc1. The van der Waals surface area contributed by atoms with Crippen molar-refractivity contribution in [2.45, 2.75) is 32.6 Å². The quantitative estimate of drug-likeness (QED) is 0.479. The van der Waals surface area contributed by atoms with Gasteiger partial charge in [-0.15, -0.1) is 0 Å². The number of benzene rings is 2. The number of anilines is 2. The zero-order valence-electron chi connectivity index (χ0n) is 19.3. The lowest BCUT2D eigenvalue weighted by Gasteiger charge is -2.19. The highest BCUT2D eigenvalue weighted by atomic mass is 16.5. The van der Waals surface area contributed by atoms with Crippen LogP contribution >= 0.6 is 0 Å². The first-order valence-electron chi connectivity index (χ1n) is 11.6. The molecule has 1 N–H and O–H groups in total. The van der Waals surface area contributed by atoms with E-state index >= 15 is 0 Å². The maximum Gasteiger partial charge on any atom is 0.338 e. The summed E-state index contributed by atoms with van der Waals surface area (Å²) >= 11 is 0. The molecule has 3 amide bonds. The molecule has 9 nitrogen and oxygen atoms in total. The Hall–Kier alpha value is -4.01. The zero-order valence-corrected chi connectivity index (χ0v) is 19.3. The number of nitrogens with zero attached hydrogens (tertiary/aromatic N) is 1. The Balaban J connectivity index is 1.35. The molecule has 2 aromatic rings. The summed E-state index contributed by atoms with van der Waals surface area (Å²) in [6, 6.07) is 12.2. The number of hydrogen-bond acceptors (Lipinski definition) is 7. The lowest BCUT2D eigenvalue weighted by Crippen LogP contribution is -2.31. The van der Waals surface area contributed by atoms with Crippen LogP contribution in [0.15, 0.2) is 48.5 Å². The van der Waals surface area contributed by atoms with Crippen LogP contribution in [-0.2, 0) is 23.9 Å². The Morgan fingerprint density at radius 1 is 0.886 bits per heavy atom. The first-order valence-corrected chi connectivity index (χ1v) is 11.6. The minimum Gasteiger partial charge on any atom is -0.462 e. The van der Waals surface area contributed by atoms with Gasteiger partial charge in [0.15, 0.2) is 6.61 Å². The van der Waals surface area contributed by atoms with Crippen molar-refractivity contribution < 1.29 is 33.4 Å². The molecule has 1 aliphatic carbocycles. The van der Waals surface area contributed by atoms with Gasteiger partial charge in [-0.05, 0) is 62.2 Å². The monoisotopic (exact) mass is 478 g/mol. The van der Waals surface area contributed by atoms with Crippen molar-refractivity contribution in [3.63, 3.8) is 0 Å². The first-order chi connectivity index (χ1) is 16.9. The van der Waals surface area contributed by atoms with E-state index in [0.717, 1.165) is 12.8 Å². The van der Waals surface area contributed by atoms with E-state index in [2.05, 4.69) is 5.32 Å². The molecule has 4 rings (SSSR count).